The molecule has 0 saturated carbocycles. The van der Waals surface area contributed by atoms with Crippen LogP contribution in [0.25, 0.3) is 16.4 Å². The fourth-order valence-corrected chi connectivity index (χ4v) is 4.64. The molecule has 5 rings (SSSR count). The van der Waals surface area contributed by atoms with E-state index >= 15 is 0 Å². The first-order valence-electron chi connectivity index (χ1n) is 10.8. The molecular formula is C24H24N6O2S. The molecule has 3 aromatic heterocycles. The van der Waals surface area contributed by atoms with Crippen LogP contribution in [0.2, 0.25) is 0 Å². The Morgan fingerprint density at radius 3 is 2.58 bits per heavy atom. The summed E-state index contributed by atoms with van der Waals surface area (Å²) in [6.45, 7) is 3.80. The highest BCUT2D eigenvalue weighted by Crippen LogP contribution is 2.26. The molecule has 33 heavy (non-hydrogen) atoms. The number of benzene rings is 1. The van der Waals surface area contributed by atoms with Gasteiger partial charge in [0.15, 0.2) is 5.82 Å². The van der Waals surface area contributed by atoms with Gasteiger partial charge in [0.2, 0.25) is 0 Å². The Bertz CT molecular complexity index is 1200. The summed E-state index contributed by atoms with van der Waals surface area (Å²) in [6.07, 6.45) is 5.15. The average Bonchev–Trinajstić information content (AvgIpc) is 3.57. The molecule has 1 aliphatic heterocycles. The van der Waals surface area contributed by atoms with Gasteiger partial charge in [-0.1, -0.05) is 0 Å². The Morgan fingerprint density at radius 2 is 1.91 bits per heavy atom. The molecule has 9 heteroatoms. The van der Waals surface area contributed by atoms with E-state index in [1.165, 1.54) is 0 Å². The number of aromatic nitrogens is 4. The Morgan fingerprint density at radius 1 is 1.09 bits per heavy atom. The van der Waals surface area contributed by atoms with Gasteiger partial charge in [-0.2, -0.15) is 5.10 Å². The molecule has 1 aromatic carbocycles. The van der Waals surface area contributed by atoms with E-state index in [-0.39, 0.29) is 5.91 Å². The van der Waals surface area contributed by atoms with E-state index in [0.717, 1.165) is 41.6 Å². The van der Waals surface area contributed by atoms with E-state index in [9.17, 15) is 4.79 Å². The number of carbonyl (C=O) groups is 1. The molecule has 168 valence electrons. The summed E-state index contributed by atoms with van der Waals surface area (Å²) in [4.78, 5) is 26.3. The van der Waals surface area contributed by atoms with Crippen molar-refractivity contribution in [3.05, 3.63) is 77.7 Å². The fourth-order valence-electron chi connectivity index (χ4n) is 3.82. The maximum Gasteiger partial charge on any atom is 0.255 e. The first-order valence-corrected chi connectivity index (χ1v) is 11.6. The number of methoxy groups -OCH3 is 1. The zero-order valence-corrected chi connectivity index (χ0v) is 19.1. The lowest BCUT2D eigenvalue weighted by molar-refractivity contribution is 0.0627. The summed E-state index contributed by atoms with van der Waals surface area (Å²) < 4.78 is 6.90. The maximum atomic E-state index is 12.9. The van der Waals surface area contributed by atoms with Gasteiger partial charge in [0.1, 0.15) is 10.8 Å². The number of hydrogen-bond acceptors (Lipinski definition) is 7. The number of ether oxygens (including phenoxy) is 1. The van der Waals surface area contributed by atoms with Crippen LogP contribution in [0.3, 0.4) is 0 Å². The number of thiazole rings is 1. The molecule has 1 saturated heterocycles. The molecule has 1 amide bonds. The summed E-state index contributed by atoms with van der Waals surface area (Å²) in [5.74, 6) is 1.55. The second-order valence-electron chi connectivity index (χ2n) is 7.80. The van der Waals surface area contributed by atoms with E-state index in [1.807, 2.05) is 53.6 Å². The molecule has 1 aliphatic rings. The van der Waals surface area contributed by atoms with Gasteiger partial charge >= 0.3 is 0 Å². The van der Waals surface area contributed by atoms with Crippen molar-refractivity contribution in [2.45, 2.75) is 6.54 Å². The summed E-state index contributed by atoms with van der Waals surface area (Å²) in [5.41, 5.74) is 2.75. The first kappa shape index (κ1) is 21.3. The highest BCUT2D eigenvalue weighted by molar-refractivity contribution is 7.13. The SMILES string of the molecule is COc1ccc(-c2nc(CN3CCN(C(=O)c4ccc(-n5cccn5)nc4)CC3)cs2)cc1. The van der Waals surface area contributed by atoms with Crippen molar-refractivity contribution >= 4 is 17.2 Å². The van der Waals surface area contributed by atoms with Crippen molar-refractivity contribution in [1.29, 1.82) is 0 Å². The van der Waals surface area contributed by atoms with E-state index < -0.39 is 0 Å². The zero-order valence-electron chi connectivity index (χ0n) is 18.3. The molecule has 4 heterocycles. The lowest BCUT2D eigenvalue weighted by Crippen LogP contribution is -2.48. The number of rotatable bonds is 6. The quantitative estimate of drug-likeness (QED) is 0.439. The minimum atomic E-state index is 0.0182. The zero-order chi connectivity index (χ0) is 22.6. The Hall–Kier alpha value is -3.56. The molecule has 0 aliphatic carbocycles. The second kappa shape index (κ2) is 9.51. The normalized spacial score (nSPS) is 14.4. The molecule has 4 aromatic rings. The predicted molar refractivity (Wildman–Crippen MR) is 127 cm³/mol. The number of piperazine rings is 1. The summed E-state index contributed by atoms with van der Waals surface area (Å²) in [7, 11) is 1.67. The molecule has 0 atom stereocenters. The monoisotopic (exact) mass is 460 g/mol. The molecule has 0 spiro atoms. The third-order valence-electron chi connectivity index (χ3n) is 5.67. The standard InChI is InChI=1S/C24H24N6O2S/c1-32-21-6-3-18(4-7-21)23-27-20(17-33-23)16-28-11-13-29(14-12-28)24(31)19-5-8-22(25-15-19)30-10-2-9-26-30/h2-10,15,17H,11-14,16H2,1H3. The van der Waals surface area contributed by atoms with Crippen LogP contribution in [0.1, 0.15) is 16.1 Å². The van der Waals surface area contributed by atoms with Gasteiger partial charge in [0.25, 0.3) is 5.91 Å². The van der Waals surface area contributed by atoms with Gasteiger partial charge in [-0.25, -0.2) is 14.6 Å². The molecule has 0 bridgehead atoms. The molecule has 1 fully saturated rings. The third-order valence-corrected chi connectivity index (χ3v) is 6.61. The van der Waals surface area contributed by atoms with Crippen molar-refractivity contribution in [2.24, 2.45) is 0 Å². The number of nitrogens with zero attached hydrogens (tertiary/aromatic N) is 6. The van der Waals surface area contributed by atoms with Crippen LogP contribution in [-0.2, 0) is 6.54 Å². The predicted octanol–water partition coefficient (Wildman–Crippen LogP) is 3.36. The van der Waals surface area contributed by atoms with Gasteiger partial charge in [0, 0.05) is 62.3 Å². The average molecular weight is 461 g/mol. The van der Waals surface area contributed by atoms with Crippen LogP contribution in [0.15, 0.2) is 66.4 Å². The minimum Gasteiger partial charge on any atom is -0.497 e. The van der Waals surface area contributed by atoms with Gasteiger partial charge in [-0.3, -0.25) is 9.69 Å². The molecule has 0 N–H and O–H groups in total. The number of amides is 1. The van der Waals surface area contributed by atoms with Gasteiger partial charge in [-0.05, 0) is 42.5 Å². The second-order valence-corrected chi connectivity index (χ2v) is 8.65. The minimum absolute atomic E-state index is 0.0182. The topological polar surface area (TPSA) is 76.4 Å². The highest BCUT2D eigenvalue weighted by atomic mass is 32.1. The third kappa shape index (κ3) is 4.79. The van der Waals surface area contributed by atoms with Crippen molar-refractivity contribution in [3.8, 4) is 22.1 Å². The van der Waals surface area contributed by atoms with Crippen LogP contribution < -0.4 is 4.74 Å². The maximum absolute atomic E-state index is 12.9. The van der Waals surface area contributed by atoms with Crippen molar-refractivity contribution in [3.63, 3.8) is 0 Å². The molecule has 0 radical (unpaired) electrons. The summed E-state index contributed by atoms with van der Waals surface area (Å²) in [6, 6.07) is 13.4. The van der Waals surface area contributed by atoms with Crippen molar-refractivity contribution in [2.75, 3.05) is 33.3 Å². The highest BCUT2D eigenvalue weighted by Gasteiger charge is 2.23. The van der Waals surface area contributed by atoms with Crippen LogP contribution >= 0.6 is 11.3 Å². The number of pyridine rings is 1. The van der Waals surface area contributed by atoms with E-state index in [2.05, 4.69) is 20.4 Å². The van der Waals surface area contributed by atoms with Crippen molar-refractivity contribution < 1.29 is 9.53 Å². The lowest BCUT2D eigenvalue weighted by Gasteiger charge is -2.34. The summed E-state index contributed by atoms with van der Waals surface area (Å²) in [5, 5.41) is 7.29. The lowest BCUT2D eigenvalue weighted by atomic mass is 10.2. The fraction of sp³-hybridized carbons (Fsp3) is 0.250. The Kier molecular flexibility index (Phi) is 6.14. The number of carbonyl (C=O) groups excluding carboxylic acids is 1. The van der Waals surface area contributed by atoms with Crippen molar-refractivity contribution in [1.82, 2.24) is 29.5 Å². The van der Waals surface area contributed by atoms with E-state index in [1.54, 1.807) is 35.5 Å². The first-order chi connectivity index (χ1) is 16.2. The van der Waals surface area contributed by atoms with Gasteiger partial charge in [-0.15, -0.1) is 11.3 Å². The van der Waals surface area contributed by atoms with E-state index in [4.69, 9.17) is 9.72 Å². The Balaban J connectivity index is 1.15. The Labute approximate surface area is 196 Å². The van der Waals surface area contributed by atoms with Gasteiger partial charge < -0.3 is 9.64 Å². The van der Waals surface area contributed by atoms with Gasteiger partial charge in [0.05, 0.1) is 18.4 Å². The van der Waals surface area contributed by atoms with E-state index in [0.29, 0.717) is 24.5 Å². The van der Waals surface area contributed by atoms with Crippen LogP contribution in [0.5, 0.6) is 5.75 Å². The molecular weight excluding hydrogens is 436 g/mol. The number of hydrogen-bond donors (Lipinski definition) is 0. The smallest absolute Gasteiger partial charge is 0.255 e. The van der Waals surface area contributed by atoms with Crippen LogP contribution in [0, 0.1) is 0 Å². The van der Waals surface area contributed by atoms with Crippen LogP contribution in [0.4, 0.5) is 0 Å². The largest absolute Gasteiger partial charge is 0.497 e. The molecule has 0 unspecified atom stereocenters. The summed E-state index contributed by atoms with van der Waals surface area (Å²) >= 11 is 1.65. The van der Waals surface area contributed by atoms with Crippen LogP contribution in [-0.4, -0.2) is 68.7 Å². The molecule has 8 nitrogen and oxygen atoms in total.